The van der Waals surface area contributed by atoms with Crippen molar-refractivity contribution in [2.45, 2.75) is 12.0 Å². The van der Waals surface area contributed by atoms with Crippen LogP contribution in [0.1, 0.15) is 12.3 Å². The minimum absolute atomic E-state index is 0.218. The van der Waals surface area contributed by atoms with Gasteiger partial charge in [0.25, 0.3) is 5.89 Å². The van der Waals surface area contributed by atoms with Gasteiger partial charge >= 0.3 is 0 Å². The Balaban J connectivity index is 1.93. The molecule has 0 bridgehead atoms. The average Bonchev–Trinajstić information content (AvgIpc) is 2.98. The topological polar surface area (TPSA) is 113 Å². The van der Waals surface area contributed by atoms with E-state index in [9.17, 15) is 5.11 Å². The van der Waals surface area contributed by atoms with Crippen molar-refractivity contribution in [1.82, 2.24) is 30.9 Å². The van der Waals surface area contributed by atoms with Gasteiger partial charge in [-0.25, -0.2) is 0 Å². The van der Waals surface area contributed by atoms with Crippen LogP contribution in [-0.4, -0.2) is 43.7 Å². The quantitative estimate of drug-likeness (QED) is 0.599. The monoisotopic (exact) mass is 222 g/mol. The van der Waals surface area contributed by atoms with E-state index in [2.05, 4.69) is 30.9 Å². The van der Waals surface area contributed by atoms with Crippen LogP contribution in [0.4, 0.5) is 0 Å². The zero-order valence-electron chi connectivity index (χ0n) is 8.34. The van der Waals surface area contributed by atoms with E-state index in [4.69, 9.17) is 4.52 Å². The normalized spacial score (nSPS) is 25.1. The van der Waals surface area contributed by atoms with Crippen LogP contribution in [-0.2, 0) is 5.60 Å². The first kappa shape index (κ1) is 9.43. The Hall–Kier alpha value is -1.80. The lowest BCUT2D eigenvalue weighted by molar-refractivity contribution is 0.0243. The molecular formula is C8H10N6O2. The summed E-state index contributed by atoms with van der Waals surface area (Å²) in [5.41, 5.74) is -0.570. The highest BCUT2D eigenvalue weighted by Gasteiger charge is 2.38. The summed E-state index contributed by atoms with van der Waals surface area (Å²) < 4.78 is 5.04. The summed E-state index contributed by atoms with van der Waals surface area (Å²) >= 11 is 0. The number of β-amino-alcohol motifs (C(OH)–C–C–N with tert-alkyl or cyclic N) is 1. The van der Waals surface area contributed by atoms with E-state index >= 15 is 0 Å². The van der Waals surface area contributed by atoms with Gasteiger partial charge in [0, 0.05) is 6.54 Å². The van der Waals surface area contributed by atoms with Gasteiger partial charge in [-0.2, -0.15) is 20.4 Å². The average molecular weight is 222 g/mol. The van der Waals surface area contributed by atoms with E-state index in [1.54, 1.807) is 0 Å². The molecule has 3 heterocycles. The third kappa shape index (κ3) is 1.39. The first-order chi connectivity index (χ1) is 7.78. The minimum atomic E-state index is -1.06. The Labute approximate surface area is 90.1 Å². The van der Waals surface area contributed by atoms with E-state index in [1.165, 1.54) is 6.20 Å². The van der Waals surface area contributed by atoms with Crippen molar-refractivity contribution in [3.05, 3.63) is 12.1 Å². The number of nitrogens with one attached hydrogen (secondary N) is 2. The second-order valence-electron chi connectivity index (χ2n) is 3.74. The predicted octanol–water partition coefficient (Wildman–Crippen LogP) is -0.964. The summed E-state index contributed by atoms with van der Waals surface area (Å²) in [7, 11) is 0. The SMILES string of the molecule is OC1(c2nc(-c3cn[nH]n3)no2)CCNC1. The molecule has 84 valence electrons. The molecule has 0 aliphatic carbocycles. The van der Waals surface area contributed by atoms with Crippen molar-refractivity contribution in [1.29, 1.82) is 0 Å². The molecule has 1 atom stereocenters. The van der Waals surface area contributed by atoms with Crippen LogP contribution < -0.4 is 5.32 Å². The molecule has 2 aromatic heterocycles. The maximum Gasteiger partial charge on any atom is 0.260 e. The fraction of sp³-hybridized carbons (Fsp3) is 0.500. The fourth-order valence-corrected chi connectivity index (χ4v) is 1.69. The van der Waals surface area contributed by atoms with E-state index < -0.39 is 5.60 Å². The minimum Gasteiger partial charge on any atom is -0.379 e. The van der Waals surface area contributed by atoms with Crippen molar-refractivity contribution in [3.8, 4) is 11.5 Å². The largest absolute Gasteiger partial charge is 0.379 e. The van der Waals surface area contributed by atoms with Gasteiger partial charge in [0.15, 0.2) is 11.3 Å². The standard InChI is InChI=1S/C8H10N6O2/c15-8(1-2-9-4-8)7-11-6(13-16-7)5-3-10-14-12-5/h3,9,15H,1-2,4H2,(H,10,12,14). The molecule has 1 saturated heterocycles. The molecule has 16 heavy (non-hydrogen) atoms. The molecule has 3 rings (SSSR count). The van der Waals surface area contributed by atoms with Crippen molar-refractivity contribution in [3.63, 3.8) is 0 Å². The molecule has 0 amide bonds. The number of aromatic amines is 1. The van der Waals surface area contributed by atoms with Crippen LogP contribution in [0, 0.1) is 0 Å². The van der Waals surface area contributed by atoms with Gasteiger partial charge in [0.2, 0.25) is 5.82 Å². The number of H-pyrrole nitrogens is 1. The van der Waals surface area contributed by atoms with Crippen LogP contribution in [0.15, 0.2) is 10.7 Å². The number of aliphatic hydroxyl groups is 1. The van der Waals surface area contributed by atoms with Gasteiger partial charge < -0.3 is 14.9 Å². The van der Waals surface area contributed by atoms with E-state index in [-0.39, 0.29) is 5.89 Å². The molecule has 3 N–H and O–H groups in total. The molecule has 0 saturated carbocycles. The Bertz CT molecular complexity index is 472. The predicted molar refractivity (Wildman–Crippen MR) is 51.1 cm³/mol. The van der Waals surface area contributed by atoms with Crippen LogP contribution in [0.5, 0.6) is 0 Å². The molecule has 0 spiro atoms. The first-order valence-electron chi connectivity index (χ1n) is 4.91. The highest BCUT2D eigenvalue weighted by atomic mass is 16.5. The molecule has 8 heteroatoms. The molecule has 1 aliphatic heterocycles. The van der Waals surface area contributed by atoms with Gasteiger partial charge in [-0.3, -0.25) is 0 Å². The van der Waals surface area contributed by atoms with Gasteiger partial charge in [0.05, 0.1) is 6.20 Å². The molecule has 1 fully saturated rings. The Morgan fingerprint density at radius 3 is 3.12 bits per heavy atom. The van der Waals surface area contributed by atoms with Crippen molar-refractivity contribution in [2.24, 2.45) is 0 Å². The maximum atomic E-state index is 10.2. The van der Waals surface area contributed by atoms with Crippen molar-refractivity contribution >= 4 is 0 Å². The lowest BCUT2D eigenvalue weighted by Gasteiger charge is -2.14. The van der Waals surface area contributed by atoms with E-state index in [1.807, 2.05) is 0 Å². The highest BCUT2D eigenvalue weighted by molar-refractivity contribution is 5.45. The molecule has 1 unspecified atom stereocenters. The van der Waals surface area contributed by atoms with Gasteiger partial charge in [0.1, 0.15) is 0 Å². The molecule has 0 radical (unpaired) electrons. The summed E-state index contributed by atoms with van der Waals surface area (Å²) in [6.45, 7) is 1.16. The smallest absolute Gasteiger partial charge is 0.260 e. The third-order valence-corrected chi connectivity index (χ3v) is 2.60. The molecule has 8 nitrogen and oxygen atoms in total. The Kier molecular flexibility index (Phi) is 1.98. The summed E-state index contributed by atoms with van der Waals surface area (Å²) in [6, 6.07) is 0. The number of nitrogens with zero attached hydrogens (tertiary/aromatic N) is 4. The number of aromatic nitrogens is 5. The fourth-order valence-electron chi connectivity index (χ4n) is 1.69. The van der Waals surface area contributed by atoms with Crippen LogP contribution in [0.2, 0.25) is 0 Å². The highest BCUT2D eigenvalue weighted by Crippen LogP contribution is 2.27. The number of rotatable bonds is 2. The van der Waals surface area contributed by atoms with Gasteiger partial charge in [-0.05, 0) is 13.0 Å². The van der Waals surface area contributed by atoms with Crippen molar-refractivity contribution in [2.75, 3.05) is 13.1 Å². The van der Waals surface area contributed by atoms with Gasteiger partial charge in [-0.1, -0.05) is 5.16 Å². The van der Waals surface area contributed by atoms with Crippen LogP contribution >= 0.6 is 0 Å². The number of hydrogen-bond acceptors (Lipinski definition) is 7. The first-order valence-corrected chi connectivity index (χ1v) is 4.91. The molecular weight excluding hydrogens is 212 g/mol. The summed E-state index contributed by atoms with van der Waals surface area (Å²) in [6.07, 6.45) is 2.05. The van der Waals surface area contributed by atoms with Crippen molar-refractivity contribution < 1.29 is 9.63 Å². The molecule has 0 aromatic carbocycles. The summed E-state index contributed by atoms with van der Waals surface area (Å²) in [5.74, 6) is 0.541. The zero-order valence-corrected chi connectivity index (χ0v) is 8.34. The molecule has 2 aromatic rings. The second-order valence-corrected chi connectivity index (χ2v) is 3.74. The van der Waals surface area contributed by atoms with Crippen LogP contribution in [0.25, 0.3) is 11.5 Å². The lowest BCUT2D eigenvalue weighted by Crippen LogP contribution is -2.28. The third-order valence-electron chi connectivity index (χ3n) is 2.60. The lowest BCUT2D eigenvalue weighted by atomic mass is 10.0. The Morgan fingerprint density at radius 1 is 1.50 bits per heavy atom. The molecule has 1 aliphatic rings. The summed E-state index contributed by atoms with van der Waals surface area (Å²) in [4.78, 5) is 4.12. The van der Waals surface area contributed by atoms with Crippen LogP contribution in [0.3, 0.4) is 0 Å². The van der Waals surface area contributed by atoms with Gasteiger partial charge in [-0.15, -0.1) is 0 Å². The number of hydrogen-bond donors (Lipinski definition) is 3. The van der Waals surface area contributed by atoms with E-state index in [0.717, 1.165) is 6.54 Å². The second kappa shape index (κ2) is 3.35. The Morgan fingerprint density at radius 2 is 2.44 bits per heavy atom. The zero-order chi connectivity index (χ0) is 11.0. The maximum absolute atomic E-state index is 10.2. The van der Waals surface area contributed by atoms with E-state index in [0.29, 0.717) is 24.5 Å². The summed E-state index contributed by atoms with van der Waals surface area (Å²) in [5, 5.41) is 26.9.